The monoisotopic (exact) mass is 294 g/mol. The maximum absolute atomic E-state index is 13.6. The van der Waals surface area contributed by atoms with Gasteiger partial charge in [0.15, 0.2) is 5.82 Å². The van der Waals surface area contributed by atoms with Crippen molar-refractivity contribution in [3.8, 4) is 0 Å². The molecule has 0 bridgehead atoms. The lowest BCUT2D eigenvalue weighted by Crippen LogP contribution is -2.32. The predicted octanol–water partition coefficient (Wildman–Crippen LogP) is 3.00. The van der Waals surface area contributed by atoms with Gasteiger partial charge < -0.3 is 15.4 Å². The molecule has 1 aromatic rings. The van der Waals surface area contributed by atoms with Crippen molar-refractivity contribution in [2.75, 3.05) is 25.1 Å². The first-order valence-corrected chi connectivity index (χ1v) is 5.84. The standard InChI is InChI=1S/C12H14F4N2O2/c1-2-20-7-6-17-11(19)18-9-5-3-4-8(10(9)13)12(14,15)16/h3-5H,2,6-7H2,1H3,(H2,17,18,19). The fraction of sp³-hybridized carbons (Fsp3) is 0.417. The summed E-state index contributed by atoms with van der Waals surface area (Å²) in [6.45, 7) is 2.68. The summed E-state index contributed by atoms with van der Waals surface area (Å²) < 4.78 is 55.9. The lowest BCUT2D eigenvalue weighted by atomic mass is 10.2. The van der Waals surface area contributed by atoms with Crippen LogP contribution in [0.1, 0.15) is 12.5 Å². The number of nitrogens with one attached hydrogen (secondary N) is 2. The molecule has 4 nitrogen and oxygen atoms in total. The highest BCUT2D eigenvalue weighted by molar-refractivity contribution is 5.89. The van der Waals surface area contributed by atoms with E-state index in [4.69, 9.17) is 4.74 Å². The highest BCUT2D eigenvalue weighted by Gasteiger charge is 2.35. The van der Waals surface area contributed by atoms with Crippen LogP contribution >= 0.6 is 0 Å². The molecule has 0 heterocycles. The molecule has 112 valence electrons. The summed E-state index contributed by atoms with van der Waals surface area (Å²) in [6, 6.07) is 1.87. The molecule has 0 spiro atoms. The Kier molecular flexibility index (Phi) is 5.75. The van der Waals surface area contributed by atoms with Crippen LogP contribution in [-0.4, -0.2) is 25.8 Å². The van der Waals surface area contributed by atoms with E-state index in [1.807, 2.05) is 5.32 Å². The Balaban J connectivity index is 2.66. The molecule has 20 heavy (non-hydrogen) atoms. The molecular weight excluding hydrogens is 280 g/mol. The van der Waals surface area contributed by atoms with Crippen molar-refractivity contribution in [1.82, 2.24) is 5.32 Å². The number of benzene rings is 1. The van der Waals surface area contributed by atoms with Gasteiger partial charge in [-0.1, -0.05) is 6.07 Å². The van der Waals surface area contributed by atoms with Crippen molar-refractivity contribution in [2.45, 2.75) is 13.1 Å². The van der Waals surface area contributed by atoms with Crippen LogP contribution in [0.5, 0.6) is 0 Å². The van der Waals surface area contributed by atoms with Gasteiger partial charge in [0.05, 0.1) is 17.9 Å². The van der Waals surface area contributed by atoms with Crippen LogP contribution in [0.3, 0.4) is 0 Å². The van der Waals surface area contributed by atoms with Crippen LogP contribution in [0.15, 0.2) is 18.2 Å². The Bertz CT molecular complexity index is 463. The summed E-state index contributed by atoms with van der Waals surface area (Å²) >= 11 is 0. The highest BCUT2D eigenvalue weighted by atomic mass is 19.4. The van der Waals surface area contributed by atoms with Gasteiger partial charge in [0.1, 0.15) is 0 Å². The van der Waals surface area contributed by atoms with Gasteiger partial charge in [0.2, 0.25) is 0 Å². The van der Waals surface area contributed by atoms with E-state index in [1.165, 1.54) is 0 Å². The van der Waals surface area contributed by atoms with Gasteiger partial charge in [-0.15, -0.1) is 0 Å². The van der Waals surface area contributed by atoms with E-state index in [0.29, 0.717) is 12.7 Å². The number of carbonyl (C=O) groups is 1. The third kappa shape index (κ3) is 4.69. The molecule has 0 aromatic heterocycles. The maximum atomic E-state index is 13.6. The lowest BCUT2D eigenvalue weighted by molar-refractivity contribution is -0.139. The molecule has 0 fully saturated rings. The number of amides is 2. The lowest BCUT2D eigenvalue weighted by Gasteiger charge is -2.12. The third-order valence-corrected chi connectivity index (χ3v) is 2.29. The second-order valence-corrected chi connectivity index (χ2v) is 3.74. The number of urea groups is 1. The number of rotatable bonds is 5. The first-order chi connectivity index (χ1) is 9.36. The van der Waals surface area contributed by atoms with Crippen LogP contribution in [0, 0.1) is 5.82 Å². The second kappa shape index (κ2) is 7.09. The molecule has 0 saturated carbocycles. The fourth-order valence-corrected chi connectivity index (χ4v) is 1.40. The number of anilines is 1. The molecule has 2 amide bonds. The normalized spacial score (nSPS) is 11.2. The van der Waals surface area contributed by atoms with E-state index >= 15 is 0 Å². The molecule has 0 saturated heterocycles. The van der Waals surface area contributed by atoms with E-state index in [2.05, 4.69) is 5.32 Å². The van der Waals surface area contributed by atoms with Crippen LogP contribution in [0.25, 0.3) is 0 Å². The number of halogens is 4. The predicted molar refractivity (Wildman–Crippen MR) is 64.9 cm³/mol. The van der Waals surface area contributed by atoms with E-state index in [0.717, 1.165) is 12.1 Å². The number of carbonyl (C=O) groups excluding carboxylic acids is 1. The van der Waals surface area contributed by atoms with Gasteiger partial charge in [-0.3, -0.25) is 0 Å². The quantitative estimate of drug-likeness (QED) is 0.648. The summed E-state index contributed by atoms with van der Waals surface area (Å²) in [4.78, 5) is 11.4. The Hall–Kier alpha value is -1.83. The van der Waals surface area contributed by atoms with E-state index in [-0.39, 0.29) is 13.2 Å². The van der Waals surface area contributed by atoms with Gasteiger partial charge in [-0.2, -0.15) is 13.2 Å². The third-order valence-electron chi connectivity index (χ3n) is 2.29. The molecule has 0 aliphatic carbocycles. The summed E-state index contributed by atoms with van der Waals surface area (Å²) in [7, 11) is 0. The zero-order valence-corrected chi connectivity index (χ0v) is 10.7. The van der Waals surface area contributed by atoms with Crippen molar-refractivity contribution in [1.29, 1.82) is 0 Å². The van der Waals surface area contributed by atoms with Crippen molar-refractivity contribution in [2.24, 2.45) is 0 Å². The summed E-state index contributed by atoms with van der Waals surface area (Å²) in [5, 5.41) is 4.35. The fourth-order valence-electron chi connectivity index (χ4n) is 1.40. The Morgan fingerprint density at radius 1 is 1.35 bits per heavy atom. The van der Waals surface area contributed by atoms with Crippen molar-refractivity contribution >= 4 is 11.7 Å². The number of ether oxygens (including phenoxy) is 1. The molecule has 0 unspecified atom stereocenters. The smallest absolute Gasteiger partial charge is 0.380 e. The van der Waals surface area contributed by atoms with Crippen molar-refractivity contribution in [3.63, 3.8) is 0 Å². The second-order valence-electron chi connectivity index (χ2n) is 3.74. The highest BCUT2D eigenvalue weighted by Crippen LogP contribution is 2.33. The van der Waals surface area contributed by atoms with Gasteiger partial charge in [0.25, 0.3) is 0 Å². The van der Waals surface area contributed by atoms with Crippen molar-refractivity contribution in [3.05, 3.63) is 29.6 Å². The van der Waals surface area contributed by atoms with Gasteiger partial charge in [-0.25, -0.2) is 9.18 Å². The largest absolute Gasteiger partial charge is 0.419 e. The Morgan fingerprint density at radius 3 is 2.65 bits per heavy atom. The van der Waals surface area contributed by atoms with Gasteiger partial charge >= 0.3 is 12.2 Å². The molecule has 0 aliphatic rings. The zero-order valence-electron chi connectivity index (χ0n) is 10.7. The molecular formula is C12H14F4N2O2. The maximum Gasteiger partial charge on any atom is 0.419 e. The molecule has 0 aliphatic heterocycles. The molecule has 2 N–H and O–H groups in total. The number of hydrogen-bond acceptors (Lipinski definition) is 2. The van der Waals surface area contributed by atoms with Crippen molar-refractivity contribution < 1.29 is 27.1 Å². The molecule has 0 atom stereocenters. The number of hydrogen-bond donors (Lipinski definition) is 2. The van der Waals surface area contributed by atoms with Gasteiger partial charge in [-0.05, 0) is 19.1 Å². The van der Waals surface area contributed by atoms with E-state index in [9.17, 15) is 22.4 Å². The average molecular weight is 294 g/mol. The minimum absolute atomic E-state index is 0.167. The van der Waals surface area contributed by atoms with E-state index in [1.54, 1.807) is 6.92 Å². The first kappa shape index (κ1) is 16.2. The minimum atomic E-state index is -4.81. The molecule has 8 heteroatoms. The van der Waals surface area contributed by atoms with Gasteiger partial charge in [0, 0.05) is 13.2 Å². The Morgan fingerprint density at radius 2 is 2.05 bits per heavy atom. The minimum Gasteiger partial charge on any atom is -0.380 e. The average Bonchev–Trinajstić information content (AvgIpc) is 2.36. The topological polar surface area (TPSA) is 50.4 Å². The first-order valence-electron chi connectivity index (χ1n) is 5.84. The Labute approximate surface area is 113 Å². The van der Waals surface area contributed by atoms with Crippen LogP contribution in [-0.2, 0) is 10.9 Å². The van der Waals surface area contributed by atoms with E-state index < -0.39 is 29.3 Å². The summed E-state index contributed by atoms with van der Waals surface area (Å²) in [5.41, 5.74) is -1.96. The summed E-state index contributed by atoms with van der Waals surface area (Å²) in [5.74, 6) is -1.51. The summed E-state index contributed by atoms with van der Waals surface area (Å²) in [6.07, 6.45) is -4.81. The SMILES string of the molecule is CCOCCNC(=O)Nc1cccc(C(F)(F)F)c1F. The number of alkyl halides is 3. The van der Waals surface area contributed by atoms with Crippen LogP contribution in [0.2, 0.25) is 0 Å². The van der Waals surface area contributed by atoms with Crippen LogP contribution < -0.4 is 10.6 Å². The van der Waals surface area contributed by atoms with Crippen LogP contribution in [0.4, 0.5) is 28.0 Å². The zero-order chi connectivity index (χ0) is 15.2. The molecule has 0 radical (unpaired) electrons. The molecule has 1 aromatic carbocycles. The molecule has 1 rings (SSSR count).